The lowest BCUT2D eigenvalue weighted by atomic mass is 10.1. The molecule has 0 bridgehead atoms. The SMILES string of the molecule is O=C(NCc1cccs1)N1CCN(C(=O)c2cc3n(n2)CCCC3)CC1. The Kier molecular flexibility index (Phi) is 4.92. The number of amides is 3. The van der Waals surface area contributed by atoms with Crippen LogP contribution >= 0.6 is 11.3 Å². The number of hydrogen-bond donors (Lipinski definition) is 1. The van der Waals surface area contributed by atoms with E-state index >= 15 is 0 Å². The third kappa shape index (κ3) is 3.60. The van der Waals surface area contributed by atoms with E-state index in [0.29, 0.717) is 38.4 Å². The third-order valence-electron chi connectivity index (χ3n) is 4.98. The minimum Gasteiger partial charge on any atom is -0.334 e. The maximum atomic E-state index is 12.7. The number of carbonyl (C=O) groups excluding carboxylic acids is 2. The van der Waals surface area contributed by atoms with E-state index in [0.717, 1.165) is 30.0 Å². The highest BCUT2D eigenvalue weighted by Crippen LogP contribution is 2.17. The second-order valence-corrected chi connectivity index (χ2v) is 7.75. The number of piperazine rings is 1. The van der Waals surface area contributed by atoms with Crippen molar-refractivity contribution in [2.24, 2.45) is 0 Å². The van der Waals surface area contributed by atoms with Crippen LogP contribution in [0.4, 0.5) is 4.79 Å². The molecule has 2 aliphatic rings. The molecule has 0 spiro atoms. The van der Waals surface area contributed by atoms with Crippen molar-refractivity contribution in [3.63, 3.8) is 0 Å². The number of rotatable bonds is 3. The quantitative estimate of drug-likeness (QED) is 0.894. The molecule has 0 atom stereocenters. The van der Waals surface area contributed by atoms with Gasteiger partial charge in [0.25, 0.3) is 5.91 Å². The number of nitrogens with zero attached hydrogens (tertiary/aromatic N) is 4. The predicted molar refractivity (Wildman–Crippen MR) is 99.2 cm³/mol. The van der Waals surface area contributed by atoms with E-state index in [1.807, 2.05) is 28.3 Å². The number of urea groups is 1. The predicted octanol–water partition coefficient (Wildman–Crippen LogP) is 1.95. The smallest absolute Gasteiger partial charge is 0.317 e. The van der Waals surface area contributed by atoms with Crippen molar-refractivity contribution in [2.75, 3.05) is 26.2 Å². The van der Waals surface area contributed by atoms with Crippen molar-refractivity contribution in [2.45, 2.75) is 32.4 Å². The summed E-state index contributed by atoms with van der Waals surface area (Å²) in [6.45, 7) is 3.66. The van der Waals surface area contributed by atoms with Gasteiger partial charge in [0.2, 0.25) is 0 Å². The highest BCUT2D eigenvalue weighted by atomic mass is 32.1. The van der Waals surface area contributed by atoms with Crippen molar-refractivity contribution in [3.8, 4) is 0 Å². The highest BCUT2D eigenvalue weighted by Gasteiger charge is 2.27. The molecule has 138 valence electrons. The van der Waals surface area contributed by atoms with Crippen LogP contribution in [0.3, 0.4) is 0 Å². The third-order valence-corrected chi connectivity index (χ3v) is 5.86. The van der Waals surface area contributed by atoms with E-state index in [4.69, 9.17) is 0 Å². The fraction of sp³-hybridized carbons (Fsp3) is 0.500. The fourth-order valence-corrected chi connectivity index (χ4v) is 4.13. The Balaban J connectivity index is 1.29. The summed E-state index contributed by atoms with van der Waals surface area (Å²) in [5, 5.41) is 9.41. The summed E-state index contributed by atoms with van der Waals surface area (Å²) >= 11 is 1.63. The second kappa shape index (κ2) is 7.49. The topological polar surface area (TPSA) is 70.5 Å². The summed E-state index contributed by atoms with van der Waals surface area (Å²) in [5.74, 6) is -0.0226. The molecule has 3 amide bonds. The molecule has 7 nitrogen and oxygen atoms in total. The van der Waals surface area contributed by atoms with Crippen molar-refractivity contribution >= 4 is 23.3 Å². The van der Waals surface area contributed by atoms with Crippen LogP contribution in [0.1, 0.15) is 33.9 Å². The molecule has 0 radical (unpaired) electrons. The normalized spacial score (nSPS) is 17.1. The summed E-state index contributed by atoms with van der Waals surface area (Å²) in [7, 11) is 0. The Morgan fingerprint density at radius 3 is 2.65 bits per heavy atom. The largest absolute Gasteiger partial charge is 0.334 e. The lowest BCUT2D eigenvalue weighted by Gasteiger charge is -2.34. The maximum absolute atomic E-state index is 12.7. The van der Waals surface area contributed by atoms with Crippen LogP contribution < -0.4 is 5.32 Å². The van der Waals surface area contributed by atoms with E-state index in [2.05, 4.69) is 10.4 Å². The Morgan fingerprint density at radius 2 is 1.92 bits per heavy atom. The maximum Gasteiger partial charge on any atom is 0.317 e. The van der Waals surface area contributed by atoms with Gasteiger partial charge in [-0.3, -0.25) is 9.48 Å². The van der Waals surface area contributed by atoms with Gasteiger partial charge in [0.1, 0.15) is 0 Å². The molecule has 8 heteroatoms. The number of hydrogen-bond acceptors (Lipinski definition) is 4. The van der Waals surface area contributed by atoms with Crippen LogP contribution in [-0.4, -0.2) is 57.7 Å². The number of aryl methyl sites for hydroxylation is 2. The molecule has 0 aliphatic carbocycles. The molecule has 0 aromatic carbocycles. The summed E-state index contributed by atoms with van der Waals surface area (Å²) in [6.07, 6.45) is 3.29. The van der Waals surface area contributed by atoms with Crippen LogP contribution in [0.15, 0.2) is 23.6 Å². The minimum atomic E-state index is -0.0667. The zero-order chi connectivity index (χ0) is 17.9. The highest BCUT2D eigenvalue weighted by molar-refractivity contribution is 7.09. The first-order valence-corrected chi connectivity index (χ1v) is 10.00. The van der Waals surface area contributed by atoms with Crippen molar-refractivity contribution in [1.82, 2.24) is 24.9 Å². The molecule has 1 saturated heterocycles. The van der Waals surface area contributed by atoms with E-state index in [9.17, 15) is 9.59 Å². The molecule has 4 heterocycles. The molecule has 0 unspecified atom stereocenters. The molecule has 2 aliphatic heterocycles. The van der Waals surface area contributed by atoms with Crippen molar-refractivity contribution in [3.05, 3.63) is 39.8 Å². The van der Waals surface area contributed by atoms with Gasteiger partial charge in [-0.05, 0) is 36.8 Å². The monoisotopic (exact) mass is 373 g/mol. The molecule has 2 aromatic rings. The lowest BCUT2D eigenvalue weighted by Crippen LogP contribution is -2.53. The van der Waals surface area contributed by atoms with Gasteiger partial charge in [-0.1, -0.05) is 6.07 Å². The number of nitrogens with one attached hydrogen (secondary N) is 1. The summed E-state index contributed by atoms with van der Waals surface area (Å²) in [5.41, 5.74) is 1.70. The van der Waals surface area contributed by atoms with Gasteiger partial charge in [0.15, 0.2) is 5.69 Å². The molecule has 2 aromatic heterocycles. The van der Waals surface area contributed by atoms with Gasteiger partial charge in [0.05, 0.1) is 6.54 Å². The Bertz CT molecular complexity index is 754. The standard InChI is InChI=1S/C18H23N5O2S/c24-17(16-12-14-4-1-2-6-23(14)20-16)21-7-9-22(10-8-21)18(25)19-13-15-5-3-11-26-15/h3,5,11-12H,1-2,4,6-10,13H2,(H,19,25). The van der Waals surface area contributed by atoms with E-state index < -0.39 is 0 Å². The van der Waals surface area contributed by atoms with Crippen molar-refractivity contribution in [1.29, 1.82) is 0 Å². The van der Waals surface area contributed by atoms with E-state index in [1.165, 1.54) is 6.42 Å². The number of carbonyl (C=O) groups is 2. The fourth-order valence-electron chi connectivity index (χ4n) is 3.48. The van der Waals surface area contributed by atoms with Crippen LogP contribution in [0.2, 0.25) is 0 Å². The van der Waals surface area contributed by atoms with Gasteiger partial charge >= 0.3 is 6.03 Å². The van der Waals surface area contributed by atoms with Crippen LogP contribution in [0.25, 0.3) is 0 Å². The summed E-state index contributed by atoms with van der Waals surface area (Å²) < 4.78 is 1.96. The van der Waals surface area contributed by atoms with Crippen LogP contribution in [0, 0.1) is 0 Å². The van der Waals surface area contributed by atoms with Gasteiger partial charge in [0, 0.05) is 43.3 Å². The molecule has 0 saturated carbocycles. The molecular formula is C18H23N5O2S. The van der Waals surface area contributed by atoms with Crippen LogP contribution in [0.5, 0.6) is 0 Å². The van der Waals surface area contributed by atoms with E-state index in [1.54, 1.807) is 21.1 Å². The summed E-state index contributed by atoms with van der Waals surface area (Å²) in [6, 6.07) is 5.85. The molecule has 26 heavy (non-hydrogen) atoms. The average molecular weight is 373 g/mol. The summed E-state index contributed by atoms with van der Waals surface area (Å²) in [4.78, 5) is 29.7. The van der Waals surface area contributed by atoms with Gasteiger partial charge in [-0.2, -0.15) is 5.10 Å². The van der Waals surface area contributed by atoms with E-state index in [-0.39, 0.29) is 11.9 Å². The Hall–Kier alpha value is -2.35. The van der Waals surface area contributed by atoms with Gasteiger partial charge < -0.3 is 15.1 Å². The average Bonchev–Trinajstić information content (AvgIpc) is 3.35. The zero-order valence-corrected chi connectivity index (χ0v) is 15.5. The number of thiophene rings is 1. The first-order chi connectivity index (χ1) is 12.7. The first kappa shape index (κ1) is 17.1. The molecular weight excluding hydrogens is 350 g/mol. The minimum absolute atomic E-state index is 0.0226. The second-order valence-electron chi connectivity index (χ2n) is 6.72. The molecule has 1 N–H and O–H groups in total. The van der Waals surface area contributed by atoms with Gasteiger partial charge in [-0.15, -0.1) is 11.3 Å². The lowest BCUT2D eigenvalue weighted by molar-refractivity contribution is 0.0658. The first-order valence-electron chi connectivity index (χ1n) is 9.12. The number of aromatic nitrogens is 2. The number of fused-ring (bicyclic) bond motifs is 1. The van der Waals surface area contributed by atoms with Crippen LogP contribution in [-0.2, 0) is 19.5 Å². The van der Waals surface area contributed by atoms with Crippen molar-refractivity contribution < 1.29 is 9.59 Å². The molecule has 4 rings (SSSR count). The van der Waals surface area contributed by atoms with Gasteiger partial charge in [-0.25, -0.2) is 4.79 Å². The Labute approximate surface area is 156 Å². The zero-order valence-electron chi connectivity index (χ0n) is 14.7. The Morgan fingerprint density at radius 1 is 1.12 bits per heavy atom. The molecule has 1 fully saturated rings.